The fraction of sp³-hybridized carbons (Fsp3) is 1.00. The molecule has 0 spiro atoms. The summed E-state index contributed by atoms with van der Waals surface area (Å²) in [6, 6.07) is 0. The number of hydrogen-bond donors (Lipinski definition) is 2. The van der Waals surface area contributed by atoms with Crippen LogP contribution in [-0.4, -0.2) is 17.5 Å². The molecule has 3 N–H and O–H groups in total. The van der Waals surface area contributed by atoms with Crippen LogP contribution in [-0.2, 0) is 0 Å². The predicted molar refractivity (Wildman–Crippen MR) is 30.0 cm³/mol. The summed E-state index contributed by atoms with van der Waals surface area (Å²) in [5.74, 6) is -1.80. The number of alkyl halides is 3. The first kappa shape index (κ1) is 9.71. The second-order valence-electron chi connectivity index (χ2n) is 2.05. The van der Waals surface area contributed by atoms with E-state index < -0.39 is 18.3 Å². The molecule has 0 fully saturated rings. The van der Waals surface area contributed by atoms with Gasteiger partial charge in [0.15, 0.2) is 0 Å². The average Bonchev–Trinajstić information content (AvgIpc) is 1.60. The van der Waals surface area contributed by atoms with Gasteiger partial charge in [-0.15, -0.1) is 0 Å². The zero-order chi connectivity index (χ0) is 8.36. The topological polar surface area (TPSA) is 46.2 Å². The van der Waals surface area contributed by atoms with Crippen LogP contribution in [0, 0.1) is 5.92 Å². The van der Waals surface area contributed by atoms with Crippen molar-refractivity contribution < 1.29 is 18.3 Å². The highest BCUT2D eigenvalue weighted by atomic mass is 19.4. The molecule has 5 heteroatoms. The monoisotopic (exact) mass is 157 g/mol. The van der Waals surface area contributed by atoms with Crippen molar-refractivity contribution in [2.24, 2.45) is 11.7 Å². The van der Waals surface area contributed by atoms with Gasteiger partial charge < -0.3 is 10.8 Å². The van der Waals surface area contributed by atoms with Crippen LogP contribution in [0.15, 0.2) is 0 Å². The van der Waals surface area contributed by atoms with Gasteiger partial charge in [-0.1, -0.05) is 6.92 Å². The summed E-state index contributed by atoms with van der Waals surface area (Å²) in [4.78, 5) is 0. The zero-order valence-electron chi connectivity index (χ0n) is 5.52. The molecule has 0 aliphatic heterocycles. The molecule has 0 aromatic heterocycles. The van der Waals surface area contributed by atoms with Crippen LogP contribution >= 0.6 is 0 Å². The summed E-state index contributed by atoms with van der Waals surface area (Å²) < 4.78 is 35.2. The van der Waals surface area contributed by atoms with E-state index in [0.717, 1.165) is 0 Å². The van der Waals surface area contributed by atoms with Crippen LogP contribution in [0.4, 0.5) is 13.2 Å². The van der Waals surface area contributed by atoms with Gasteiger partial charge in [0.25, 0.3) is 0 Å². The van der Waals surface area contributed by atoms with E-state index >= 15 is 0 Å². The van der Waals surface area contributed by atoms with Crippen molar-refractivity contribution in [1.82, 2.24) is 0 Å². The van der Waals surface area contributed by atoms with Crippen LogP contribution in [0.25, 0.3) is 0 Å². The van der Waals surface area contributed by atoms with Crippen LogP contribution in [0.1, 0.15) is 13.3 Å². The van der Waals surface area contributed by atoms with E-state index in [1.54, 1.807) is 0 Å². The lowest BCUT2D eigenvalue weighted by atomic mass is 10.1. The van der Waals surface area contributed by atoms with E-state index in [1.165, 1.54) is 6.92 Å². The second kappa shape index (κ2) is 3.21. The molecule has 0 aliphatic rings. The van der Waals surface area contributed by atoms with Gasteiger partial charge in [-0.05, 0) is 6.42 Å². The Balaban J connectivity index is 4.07. The molecule has 0 bridgehead atoms. The van der Waals surface area contributed by atoms with Gasteiger partial charge in [-0.3, -0.25) is 0 Å². The maximum Gasteiger partial charge on any atom is 0.395 e. The van der Waals surface area contributed by atoms with E-state index in [4.69, 9.17) is 5.11 Å². The van der Waals surface area contributed by atoms with Gasteiger partial charge in [0.05, 0.1) is 5.92 Å². The molecule has 0 saturated carbocycles. The summed E-state index contributed by atoms with van der Waals surface area (Å²) in [6.07, 6.45) is -6.38. The lowest BCUT2D eigenvalue weighted by Gasteiger charge is -2.20. The smallest absolute Gasteiger partial charge is 0.378 e. The van der Waals surface area contributed by atoms with E-state index in [2.05, 4.69) is 5.73 Å². The Hall–Kier alpha value is -0.290. The van der Waals surface area contributed by atoms with E-state index in [-0.39, 0.29) is 6.42 Å². The maximum atomic E-state index is 11.7. The van der Waals surface area contributed by atoms with E-state index in [9.17, 15) is 13.2 Å². The highest BCUT2D eigenvalue weighted by molar-refractivity contribution is 4.69. The number of nitrogens with two attached hydrogens (primary N) is 1. The molecule has 2 unspecified atom stereocenters. The predicted octanol–water partition coefficient (Wildman–Crippen LogP) is 0.852. The fourth-order valence-corrected chi connectivity index (χ4v) is 0.667. The number of aliphatic hydroxyl groups is 1. The van der Waals surface area contributed by atoms with Crippen molar-refractivity contribution in [3.05, 3.63) is 0 Å². The van der Waals surface area contributed by atoms with Gasteiger partial charge in [0, 0.05) is 0 Å². The molecular formula is C5H10F3NO. The minimum Gasteiger partial charge on any atom is -0.378 e. The quantitative estimate of drug-likeness (QED) is 0.584. The van der Waals surface area contributed by atoms with Crippen molar-refractivity contribution in [2.45, 2.75) is 25.7 Å². The van der Waals surface area contributed by atoms with Crippen molar-refractivity contribution in [3.8, 4) is 0 Å². The third-order valence-electron chi connectivity index (χ3n) is 1.27. The SMILES string of the molecule is CCC(C(N)O)C(F)(F)F. The number of aliphatic hydroxyl groups excluding tert-OH is 1. The Bertz CT molecular complexity index is 102. The van der Waals surface area contributed by atoms with Crippen LogP contribution in [0.3, 0.4) is 0 Å². The third kappa shape index (κ3) is 2.53. The lowest BCUT2D eigenvalue weighted by molar-refractivity contribution is -0.199. The van der Waals surface area contributed by atoms with Crippen molar-refractivity contribution in [2.75, 3.05) is 0 Å². The van der Waals surface area contributed by atoms with E-state index in [1.807, 2.05) is 0 Å². The molecule has 0 rings (SSSR count). The Morgan fingerprint density at radius 1 is 1.50 bits per heavy atom. The van der Waals surface area contributed by atoms with Crippen molar-refractivity contribution in [1.29, 1.82) is 0 Å². The largest absolute Gasteiger partial charge is 0.395 e. The number of halogens is 3. The maximum absolute atomic E-state index is 11.7. The first-order valence-corrected chi connectivity index (χ1v) is 2.90. The van der Waals surface area contributed by atoms with Gasteiger partial charge in [-0.25, -0.2) is 0 Å². The van der Waals surface area contributed by atoms with Crippen LogP contribution in [0.2, 0.25) is 0 Å². The van der Waals surface area contributed by atoms with Gasteiger partial charge in [0.2, 0.25) is 0 Å². The summed E-state index contributed by atoms with van der Waals surface area (Å²) in [6.45, 7) is 1.33. The highest BCUT2D eigenvalue weighted by Crippen LogP contribution is 2.29. The van der Waals surface area contributed by atoms with Crippen molar-refractivity contribution >= 4 is 0 Å². The number of rotatable bonds is 2. The fourth-order valence-electron chi connectivity index (χ4n) is 0.667. The van der Waals surface area contributed by atoms with Crippen LogP contribution < -0.4 is 5.73 Å². The summed E-state index contributed by atoms with van der Waals surface area (Å²) >= 11 is 0. The van der Waals surface area contributed by atoms with Gasteiger partial charge in [0.1, 0.15) is 6.23 Å². The lowest BCUT2D eigenvalue weighted by Crippen LogP contribution is -2.39. The van der Waals surface area contributed by atoms with Gasteiger partial charge in [-0.2, -0.15) is 13.2 Å². The Kier molecular flexibility index (Phi) is 3.11. The molecule has 0 saturated heterocycles. The average molecular weight is 157 g/mol. The molecule has 2 nitrogen and oxygen atoms in total. The Morgan fingerprint density at radius 3 is 1.90 bits per heavy atom. The highest BCUT2D eigenvalue weighted by Gasteiger charge is 2.41. The first-order valence-electron chi connectivity index (χ1n) is 2.90. The summed E-state index contributed by atoms with van der Waals surface area (Å²) in [7, 11) is 0. The second-order valence-corrected chi connectivity index (χ2v) is 2.05. The summed E-state index contributed by atoms with van der Waals surface area (Å²) in [5.41, 5.74) is 4.67. The molecule has 10 heavy (non-hydrogen) atoms. The summed E-state index contributed by atoms with van der Waals surface area (Å²) in [5, 5.41) is 8.41. The minimum atomic E-state index is -4.39. The molecule has 0 aromatic rings. The number of hydrogen-bond acceptors (Lipinski definition) is 2. The zero-order valence-corrected chi connectivity index (χ0v) is 5.52. The molecule has 0 heterocycles. The Labute approximate surface area is 56.8 Å². The van der Waals surface area contributed by atoms with Gasteiger partial charge >= 0.3 is 6.18 Å². The van der Waals surface area contributed by atoms with Crippen LogP contribution in [0.5, 0.6) is 0 Å². The molecule has 0 radical (unpaired) electrons. The molecule has 0 aliphatic carbocycles. The standard InChI is InChI=1S/C5H10F3NO/c1-2-3(4(9)10)5(6,7)8/h3-4,10H,2,9H2,1H3. The molecular weight excluding hydrogens is 147 g/mol. The molecule has 62 valence electrons. The molecule has 0 aromatic carbocycles. The molecule has 0 amide bonds. The Morgan fingerprint density at radius 2 is 1.90 bits per heavy atom. The van der Waals surface area contributed by atoms with E-state index in [0.29, 0.717) is 0 Å². The first-order chi connectivity index (χ1) is 4.39. The normalized spacial score (nSPS) is 18.6. The van der Waals surface area contributed by atoms with Crippen molar-refractivity contribution in [3.63, 3.8) is 0 Å². The third-order valence-corrected chi connectivity index (χ3v) is 1.27. The minimum absolute atomic E-state index is 0.193. The molecule has 2 atom stereocenters.